The van der Waals surface area contributed by atoms with Crippen LogP contribution < -0.4 is 0 Å². The zero-order chi connectivity index (χ0) is 13.0. The molecule has 0 radical (unpaired) electrons. The lowest BCUT2D eigenvalue weighted by molar-refractivity contribution is 0.318. The van der Waals surface area contributed by atoms with Gasteiger partial charge in [0.05, 0.1) is 5.71 Å². The predicted octanol–water partition coefficient (Wildman–Crippen LogP) is 3.12. The lowest BCUT2D eigenvalue weighted by Gasteiger charge is -2.08. The van der Waals surface area contributed by atoms with Crippen LogP contribution in [0.5, 0.6) is 5.75 Å². The average Bonchev–Trinajstić information content (AvgIpc) is 2.40. The topological polar surface area (TPSA) is 52.8 Å². The molecule has 0 spiro atoms. The third kappa shape index (κ3) is 2.69. The molecule has 0 saturated carbocycles. The molecule has 2 N–H and O–H groups in total. The van der Waals surface area contributed by atoms with Gasteiger partial charge in [-0.3, -0.25) is 0 Å². The van der Waals surface area contributed by atoms with E-state index < -0.39 is 0 Å². The van der Waals surface area contributed by atoms with Gasteiger partial charge in [0, 0.05) is 12.0 Å². The van der Waals surface area contributed by atoms with Crippen LogP contribution in [0.25, 0.3) is 0 Å². The van der Waals surface area contributed by atoms with Crippen LogP contribution in [-0.2, 0) is 6.42 Å². The Kier molecular flexibility index (Phi) is 3.63. The van der Waals surface area contributed by atoms with Gasteiger partial charge in [-0.05, 0) is 24.6 Å². The van der Waals surface area contributed by atoms with E-state index in [-0.39, 0.29) is 5.75 Å². The Labute approximate surface area is 106 Å². The Hall–Kier alpha value is -2.29. The van der Waals surface area contributed by atoms with Gasteiger partial charge in [0.15, 0.2) is 0 Å². The van der Waals surface area contributed by atoms with Crippen molar-refractivity contribution in [3.8, 4) is 5.75 Å². The van der Waals surface area contributed by atoms with E-state index in [0.29, 0.717) is 17.7 Å². The highest BCUT2D eigenvalue weighted by atomic mass is 16.4. The van der Waals surface area contributed by atoms with E-state index in [2.05, 4.69) is 5.16 Å². The van der Waals surface area contributed by atoms with Crippen molar-refractivity contribution >= 4 is 5.71 Å². The van der Waals surface area contributed by atoms with Gasteiger partial charge in [-0.25, -0.2) is 0 Å². The molecule has 0 saturated heterocycles. The first-order valence-electron chi connectivity index (χ1n) is 5.75. The van der Waals surface area contributed by atoms with Crippen LogP contribution in [0.4, 0.5) is 0 Å². The average molecular weight is 241 g/mol. The van der Waals surface area contributed by atoms with Gasteiger partial charge in [0.25, 0.3) is 0 Å². The van der Waals surface area contributed by atoms with Crippen molar-refractivity contribution in [2.24, 2.45) is 5.16 Å². The second kappa shape index (κ2) is 5.36. The van der Waals surface area contributed by atoms with Gasteiger partial charge < -0.3 is 10.3 Å². The van der Waals surface area contributed by atoms with Gasteiger partial charge in [-0.2, -0.15) is 0 Å². The van der Waals surface area contributed by atoms with Crippen LogP contribution in [0.2, 0.25) is 0 Å². The number of nitrogens with zero attached hydrogens (tertiary/aromatic N) is 1. The summed E-state index contributed by atoms with van der Waals surface area (Å²) in [5.74, 6) is 0.129. The molecular weight excluding hydrogens is 226 g/mol. The number of benzene rings is 2. The van der Waals surface area contributed by atoms with Crippen molar-refractivity contribution in [2.45, 2.75) is 13.3 Å². The Morgan fingerprint density at radius 1 is 1.11 bits per heavy atom. The largest absolute Gasteiger partial charge is 0.507 e. The second-order valence-corrected chi connectivity index (χ2v) is 4.23. The van der Waals surface area contributed by atoms with Crippen molar-refractivity contribution in [2.75, 3.05) is 0 Å². The molecule has 0 amide bonds. The number of phenols is 1. The zero-order valence-electron chi connectivity index (χ0n) is 10.2. The molecule has 0 bridgehead atoms. The maximum absolute atomic E-state index is 9.82. The van der Waals surface area contributed by atoms with Crippen LogP contribution >= 0.6 is 0 Å². The summed E-state index contributed by atoms with van der Waals surface area (Å²) >= 11 is 0. The Bertz CT molecular complexity index is 562. The third-order valence-corrected chi connectivity index (χ3v) is 2.80. The molecule has 3 nitrogen and oxygen atoms in total. The zero-order valence-corrected chi connectivity index (χ0v) is 10.2. The summed E-state index contributed by atoms with van der Waals surface area (Å²) in [7, 11) is 0. The van der Waals surface area contributed by atoms with Crippen LogP contribution in [0, 0.1) is 6.92 Å². The fourth-order valence-corrected chi connectivity index (χ4v) is 1.85. The number of hydrogen-bond donors (Lipinski definition) is 2. The van der Waals surface area contributed by atoms with Gasteiger partial charge >= 0.3 is 0 Å². The van der Waals surface area contributed by atoms with Gasteiger partial charge in [0.2, 0.25) is 0 Å². The summed E-state index contributed by atoms with van der Waals surface area (Å²) in [6, 6.07) is 14.9. The molecule has 0 atom stereocenters. The summed E-state index contributed by atoms with van der Waals surface area (Å²) in [4.78, 5) is 0. The number of aryl methyl sites for hydroxylation is 1. The van der Waals surface area contributed by atoms with E-state index in [4.69, 9.17) is 5.21 Å². The van der Waals surface area contributed by atoms with E-state index in [1.807, 2.05) is 49.4 Å². The van der Waals surface area contributed by atoms with Crippen LogP contribution in [-0.4, -0.2) is 16.0 Å². The van der Waals surface area contributed by atoms with E-state index in [9.17, 15) is 5.11 Å². The lowest BCUT2D eigenvalue weighted by Crippen LogP contribution is -2.06. The molecule has 18 heavy (non-hydrogen) atoms. The van der Waals surface area contributed by atoms with E-state index in [1.54, 1.807) is 6.07 Å². The van der Waals surface area contributed by atoms with E-state index >= 15 is 0 Å². The smallest absolute Gasteiger partial charge is 0.124 e. The minimum Gasteiger partial charge on any atom is -0.507 e. The molecule has 0 aromatic heterocycles. The molecule has 2 aromatic rings. The molecule has 0 aliphatic rings. The first-order chi connectivity index (χ1) is 8.70. The van der Waals surface area contributed by atoms with Crippen LogP contribution in [0.3, 0.4) is 0 Å². The third-order valence-electron chi connectivity index (χ3n) is 2.80. The standard InChI is InChI=1S/C15H15NO2/c1-11-7-8-15(17)13(9-11)14(16-18)10-12-5-3-2-4-6-12/h2-9,17-18H,10H2,1H3/b16-14-. The SMILES string of the molecule is Cc1ccc(O)c(/C(Cc2ccccc2)=N\O)c1. The second-order valence-electron chi connectivity index (χ2n) is 4.23. The molecule has 0 unspecified atom stereocenters. The Balaban J connectivity index is 2.32. The molecule has 2 rings (SSSR count). The van der Waals surface area contributed by atoms with Crippen molar-refractivity contribution in [1.82, 2.24) is 0 Å². The minimum atomic E-state index is 0.129. The van der Waals surface area contributed by atoms with Crippen molar-refractivity contribution in [3.05, 3.63) is 65.2 Å². The molecular formula is C15H15NO2. The number of oxime groups is 1. The number of aromatic hydroxyl groups is 1. The summed E-state index contributed by atoms with van der Waals surface area (Å²) in [5, 5.41) is 22.3. The van der Waals surface area contributed by atoms with Crippen molar-refractivity contribution < 1.29 is 10.3 Å². The van der Waals surface area contributed by atoms with Crippen LogP contribution in [0.1, 0.15) is 16.7 Å². The fourth-order valence-electron chi connectivity index (χ4n) is 1.85. The highest BCUT2D eigenvalue weighted by Gasteiger charge is 2.10. The fraction of sp³-hybridized carbons (Fsp3) is 0.133. The van der Waals surface area contributed by atoms with Crippen LogP contribution in [0.15, 0.2) is 53.7 Å². The van der Waals surface area contributed by atoms with Gasteiger partial charge in [-0.1, -0.05) is 47.1 Å². The molecule has 0 fully saturated rings. The van der Waals surface area contributed by atoms with Crippen molar-refractivity contribution in [1.29, 1.82) is 0 Å². The van der Waals surface area contributed by atoms with Gasteiger partial charge in [0.1, 0.15) is 5.75 Å². The highest BCUT2D eigenvalue weighted by molar-refractivity contribution is 6.03. The lowest BCUT2D eigenvalue weighted by atomic mass is 10.00. The van der Waals surface area contributed by atoms with E-state index in [1.165, 1.54) is 0 Å². The summed E-state index contributed by atoms with van der Waals surface area (Å²) in [6.45, 7) is 1.93. The summed E-state index contributed by atoms with van der Waals surface area (Å²) in [5.41, 5.74) is 3.08. The quantitative estimate of drug-likeness (QED) is 0.493. The highest BCUT2D eigenvalue weighted by Crippen LogP contribution is 2.20. The predicted molar refractivity (Wildman–Crippen MR) is 71.3 cm³/mol. The maximum Gasteiger partial charge on any atom is 0.124 e. The molecule has 0 aliphatic carbocycles. The van der Waals surface area contributed by atoms with E-state index in [0.717, 1.165) is 11.1 Å². The molecule has 3 heteroatoms. The normalized spacial score (nSPS) is 11.5. The molecule has 0 aliphatic heterocycles. The maximum atomic E-state index is 9.82. The van der Waals surface area contributed by atoms with Gasteiger partial charge in [-0.15, -0.1) is 0 Å². The molecule has 2 aromatic carbocycles. The minimum absolute atomic E-state index is 0.129. The first kappa shape index (κ1) is 12.2. The number of hydrogen-bond acceptors (Lipinski definition) is 3. The first-order valence-corrected chi connectivity index (χ1v) is 5.75. The monoisotopic (exact) mass is 241 g/mol. The summed E-state index contributed by atoms with van der Waals surface area (Å²) in [6.07, 6.45) is 0.481. The Morgan fingerprint density at radius 2 is 1.83 bits per heavy atom. The Morgan fingerprint density at radius 3 is 2.50 bits per heavy atom. The number of phenolic OH excluding ortho intramolecular Hbond substituents is 1. The molecule has 92 valence electrons. The summed E-state index contributed by atoms with van der Waals surface area (Å²) < 4.78 is 0. The van der Waals surface area contributed by atoms with Crippen molar-refractivity contribution in [3.63, 3.8) is 0 Å². The number of rotatable bonds is 3. The molecule has 0 heterocycles.